The largest absolute Gasteiger partial charge is 0.493 e. The van der Waals surface area contributed by atoms with Crippen LogP contribution in [0.3, 0.4) is 0 Å². The standard InChI is InChI=1S/C26H19N5O3/c1-30-20-10-4-3-9-19(20)28-24(30)17(16-27)15-18-25(34-22-12-6-5-11-21(22)33-2)29-23-13-7-8-14-31(23)26(18)32/h3-15H,1-2H3/b17-15+. The Morgan fingerprint density at radius 2 is 1.74 bits per heavy atom. The van der Waals surface area contributed by atoms with Crippen molar-refractivity contribution in [2.75, 3.05) is 7.11 Å². The van der Waals surface area contributed by atoms with Gasteiger partial charge in [0.2, 0.25) is 5.88 Å². The highest BCUT2D eigenvalue weighted by atomic mass is 16.5. The predicted molar refractivity (Wildman–Crippen MR) is 129 cm³/mol. The van der Waals surface area contributed by atoms with E-state index in [0.29, 0.717) is 23.0 Å². The number of allylic oxidation sites excluding steroid dienone is 1. The van der Waals surface area contributed by atoms with E-state index in [1.807, 2.05) is 41.9 Å². The molecule has 0 spiro atoms. The van der Waals surface area contributed by atoms with Gasteiger partial charge in [-0.1, -0.05) is 30.3 Å². The van der Waals surface area contributed by atoms with Gasteiger partial charge in [0.05, 0.1) is 23.7 Å². The van der Waals surface area contributed by atoms with Gasteiger partial charge in [0.15, 0.2) is 17.3 Å². The molecular weight excluding hydrogens is 430 g/mol. The molecule has 0 aliphatic carbocycles. The summed E-state index contributed by atoms with van der Waals surface area (Å²) in [4.78, 5) is 22.6. The zero-order chi connectivity index (χ0) is 23.7. The Kier molecular flexibility index (Phi) is 5.28. The van der Waals surface area contributed by atoms with Crippen molar-refractivity contribution in [3.05, 3.63) is 94.7 Å². The van der Waals surface area contributed by atoms with Crippen LogP contribution in [0.25, 0.3) is 28.3 Å². The summed E-state index contributed by atoms with van der Waals surface area (Å²) in [5.41, 5.74) is 1.99. The predicted octanol–water partition coefficient (Wildman–Crippen LogP) is 4.45. The maximum Gasteiger partial charge on any atom is 0.269 e. The Hall–Kier alpha value is -4.90. The lowest BCUT2D eigenvalue weighted by Gasteiger charge is -2.12. The Labute approximate surface area is 194 Å². The van der Waals surface area contributed by atoms with Crippen LogP contribution in [0.4, 0.5) is 0 Å². The molecule has 34 heavy (non-hydrogen) atoms. The van der Waals surface area contributed by atoms with Crippen LogP contribution >= 0.6 is 0 Å². The molecule has 0 radical (unpaired) electrons. The van der Waals surface area contributed by atoms with Gasteiger partial charge in [-0.3, -0.25) is 9.20 Å². The minimum atomic E-state index is -0.373. The minimum absolute atomic E-state index is 0.0622. The fourth-order valence-electron chi connectivity index (χ4n) is 3.77. The number of hydrogen-bond donors (Lipinski definition) is 0. The number of nitriles is 1. The third-order valence-corrected chi connectivity index (χ3v) is 5.45. The van der Waals surface area contributed by atoms with Gasteiger partial charge in [-0.25, -0.2) is 4.98 Å². The molecule has 8 heteroatoms. The first kappa shape index (κ1) is 21.0. The quantitative estimate of drug-likeness (QED) is 0.368. The molecule has 0 unspecified atom stereocenters. The van der Waals surface area contributed by atoms with E-state index >= 15 is 0 Å². The maximum atomic E-state index is 13.5. The van der Waals surface area contributed by atoms with Gasteiger partial charge in [-0.15, -0.1) is 0 Å². The van der Waals surface area contributed by atoms with E-state index in [2.05, 4.69) is 16.0 Å². The first-order chi connectivity index (χ1) is 16.6. The second-order valence-corrected chi connectivity index (χ2v) is 7.47. The maximum absolute atomic E-state index is 13.5. The molecule has 0 bridgehead atoms. The number of aromatic nitrogens is 4. The average Bonchev–Trinajstić information content (AvgIpc) is 3.20. The lowest BCUT2D eigenvalue weighted by atomic mass is 10.1. The van der Waals surface area contributed by atoms with Crippen molar-refractivity contribution in [3.8, 4) is 23.4 Å². The summed E-state index contributed by atoms with van der Waals surface area (Å²) in [5, 5.41) is 10.00. The molecular formula is C26H19N5O3. The van der Waals surface area contributed by atoms with E-state index in [1.54, 1.807) is 42.6 Å². The van der Waals surface area contributed by atoms with Crippen molar-refractivity contribution in [3.63, 3.8) is 0 Å². The van der Waals surface area contributed by atoms with E-state index < -0.39 is 0 Å². The number of pyridine rings is 1. The molecule has 166 valence electrons. The van der Waals surface area contributed by atoms with Gasteiger partial charge < -0.3 is 14.0 Å². The zero-order valence-corrected chi connectivity index (χ0v) is 18.5. The molecule has 0 amide bonds. The van der Waals surface area contributed by atoms with Crippen LogP contribution in [0.1, 0.15) is 11.4 Å². The summed E-state index contributed by atoms with van der Waals surface area (Å²) in [6.07, 6.45) is 3.09. The van der Waals surface area contributed by atoms with Gasteiger partial charge in [-0.2, -0.15) is 10.2 Å². The van der Waals surface area contributed by atoms with Crippen molar-refractivity contribution in [1.29, 1.82) is 5.26 Å². The highest BCUT2D eigenvalue weighted by Crippen LogP contribution is 2.32. The van der Waals surface area contributed by atoms with Crippen LogP contribution in [0.2, 0.25) is 0 Å². The minimum Gasteiger partial charge on any atom is -0.493 e. The zero-order valence-electron chi connectivity index (χ0n) is 18.5. The van der Waals surface area contributed by atoms with E-state index in [4.69, 9.17) is 9.47 Å². The van der Waals surface area contributed by atoms with Crippen molar-refractivity contribution < 1.29 is 9.47 Å². The van der Waals surface area contributed by atoms with Gasteiger partial charge in [-0.05, 0) is 42.5 Å². The fourth-order valence-corrected chi connectivity index (χ4v) is 3.77. The highest BCUT2D eigenvalue weighted by Gasteiger charge is 2.18. The molecule has 0 saturated carbocycles. The van der Waals surface area contributed by atoms with Crippen LogP contribution in [0, 0.1) is 11.3 Å². The highest BCUT2D eigenvalue weighted by molar-refractivity contribution is 5.91. The van der Waals surface area contributed by atoms with Gasteiger partial charge >= 0.3 is 0 Å². The Morgan fingerprint density at radius 1 is 1.00 bits per heavy atom. The van der Waals surface area contributed by atoms with Gasteiger partial charge in [0.1, 0.15) is 17.3 Å². The number of ether oxygens (including phenoxy) is 2. The van der Waals surface area contributed by atoms with E-state index in [0.717, 1.165) is 11.0 Å². The topological polar surface area (TPSA) is 94.4 Å². The van der Waals surface area contributed by atoms with Crippen LogP contribution in [-0.2, 0) is 7.05 Å². The third-order valence-electron chi connectivity index (χ3n) is 5.45. The monoisotopic (exact) mass is 449 g/mol. The molecule has 8 nitrogen and oxygen atoms in total. The molecule has 0 fully saturated rings. The summed E-state index contributed by atoms with van der Waals surface area (Å²) in [6.45, 7) is 0. The summed E-state index contributed by atoms with van der Waals surface area (Å²) >= 11 is 0. The number of aryl methyl sites for hydroxylation is 1. The second kappa shape index (κ2) is 8.56. The van der Waals surface area contributed by atoms with Crippen molar-refractivity contribution in [2.45, 2.75) is 0 Å². The third kappa shape index (κ3) is 3.55. The number of nitrogens with zero attached hydrogens (tertiary/aromatic N) is 5. The van der Waals surface area contributed by atoms with E-state index in [1.165, 1.54) is 17.6 Å². The molecule has 0 saturated heterocycles. The number of benzene rings is 2. The van der Waals surface area contributed by atoms with Gasteiger partial charge in [0, 0.05) is 13.2 Å². The first-order valence-corrected chi connectivity index (χ1v) is 10.5. The lowest BCUT2D eigenvalue weighted by Crippen LogP contribution is -2.19. The van der Waals surface area contributed by atoms with Crippen LogP contribution in [-0.4, -0.2) is 26.0 Å². The Balaban J connectivity index is 1.74. The number of imidazole rings is 1. The van der Waals surface area contributed by atoms with Gasteiger partial charge in [0.25, 0.3) is 5.56 Å². The molecule has 0 aliphatic rings. The Morgan fingerprint density at radius 3 is 2.50 bits per heavy atom. The van der Waals surface area contributed by atoms with Crippen LogP contribution in [0.15, 0.2) is 77.7 Å². The lowest BCUT2D eigenvalue weighted by molar-refractivity contribution is 0.374. The number of hydrogen-bond acceptors (Lipinski definition) is 6. The molecule has 2 aromatic carbocycles. The number of para-hydroxylation sites is 4. The molecule has 0 N–H and O–H groups in total. The summed E-state index contributed by atoms with van der Waals surface area (Å²) in [7, 11) is 3.36. The SMILES string of the molecule is COc1ccccc1Oc1nc2ccccn2c(=O)c1/C=C(\C#N)c1nc2ccccc2n1C. The van der Waals surface area contributed by atoms with Crippen LogP contribution in [0.5, 0.6) is 17.4 Å². The normalized spacial score (nSPS) is 11.5. The molecule has 3 aromatic heterocycles. The van der Waals surface area contributed by atoms with Crippen molar-refractivity contribution in [1.82, 2.24) is 18.9 Å². The summed E-state index contributed by atoms with van der Waals surface area (Å²) < 4.78 is 14.7. The molecule has 0 atom stereocenters. The number of methoxy groups -OCH3 is 1. The van der Waals surface area contributed by atoms with Crippen molar-refractivity contribution in [2.24, 2.45) is 7.05 Å². The summed E-state index contributed by atoms with van der Waals surface area (Å²) in [5.74, 6) is 1.38. The van der Waals surface area contributed by atoms with E-state index in [9.17, 15) is 10.1 Å². The fraction of sp³-hybridized carbons (Fsp3) is 0.0769. The Bertz CT molecular complexity index is 1670. The van der Waals surface area contributed by atoms with E-state index in [-0.39, 0.29) is 22.6 Å². The molecule has 5 aromatic rings. The van der Waals surface area contributed by atoms with Crippen molar-refractivity contribution >= 4 is 28.3 Å². The molecule has 3 heterocycles. The molecule has 5 rings (SSSR count). The molecule has 0 aliphatic heterocycles. The number of fused-ring (bicyclic) bond motifs is 2. The smallest absolute Gasteiger partial charge is 0.269 e. The second-order valence-electron chi connectivity index (χ2n) is 7.47. The summed E-state index contributed by atoms with van der Waals surface area (Å²) in [6, 6.07) is 22.1. The number of rotatable bonds is 5. The average molecular weight is 449 g/mol. The van der Waals surface area contributed by atoms with Crippen LogP contribution < -0.4 is 15.0 Å². The first-order valence-electron chi connectivity index (χ1n) is 10.5.